The minimum atomic E-state index is 0.765. The minimum absolute atomic E-state index is 0.765. The summed E-state index contributed by atoms with van der Waals surface area (Å²) in [7, 11) is 0. The van der Waals surface area contributed by atoms with Crippen LogP contribution in [0.4, 0.5) is 5.69 Å². The summed E-state index contributed by atoms with van der Waals surface area (Å²) in [4.78, 5) is 6.13. The van der Waals surface area contributed by atoms with E-state index >= 15 is 0 Å². The van der Waals surface area contributed by atoms with Crippen LogP contribution < -0.4 is 5.73 Å². The molecular formula is C12H10N4S. The highest BCUT2D eigenvalue weighted by atomic mass is 32.2. The molecule has 0 aliphatic rings. The molecule has 3 rings (SSSR count). The Morgan fingerprint density at radius 1 is 1.18 bits per heavy atom. The molecule has 0 aliphatic heterocycles. The summed E-state index contributed by atoms with van der Waals surface area (Å²) < 4.78 is 0. The van der Waals surface area contributed by atoms with Crippen LogP contribution in [0, 0.1) is 0 Å². The van der Waals surface area contributed by atoms with Gasteiger partial charge in [0.05, 0.1) is 11.7 Å². The van der Waals surface area contributed by atoms with Crippen LogP contribution in [0.15, 0.2) is 52.6 Å². The predicted molar refractivity (Wildman–Crippen MR) is 68.9 cm³/mol. The van der Waals surface area contributed by atoms with Crippen molar-refractivity contribution in [2.45, 2.75) is 9.79 Å². The van der Waals surface area contributed by atoms with Crippen molar-refractivity contribution in [2.24, 2.45) is 0 Å². The van der Waals surface area contributed by atoms with Crippen LogP contribution in [-0.2, 0) is 0 Å². The van der Waals surface area contributed by atoms with Crippen LogP contribution in [0.1, 0.15) is 0 Å². The first-order valence-corrected chi connectivity index (χ1v) is 5.95. The standard InChI is InChI=1S/C12H10N4S/c13-10-5-8-7-15-16-11(8)6-12(10)17-9-1-3-14-4-2-9/h1-7H,13H2,(H,15,16). The maximum Gasteiger partial charge on any atom is 0.0663 e. The average molecular weight is 242 g/mol. The van der Waals surface area contributed by atoms with Gasteiger partial charge in [0, 0.05) is 33.3 Å². The van der Waals surface area contributed by atoms with Crippen LogP contribution >= 0.6 is 11.8 Å². The van der Waals surface area contributed by atoms with Gasteiger partial charge in [-0.15, -0.1) is 0 Å². The number of nitrogens with one attached hydrogen (secondary N) is 1. The van der Waals surface area contributed by atoms with E-state index in [9.17, 15) is 0 Å². The zero-order chi connectivity index (χ0) is 11.7. The van der Waals surface area contributed by atoms with E-state index in [1.54, 1.807) is 30.4 Å². The first-order chi connectivity index (χ1) is 8.33. The number of nitrogens with zero attached hydrogens (tertiary/aromatic N) is 2. The summed E-state index contributed by atoms with van der Waals surface area (Å²) >= 11 is 1.62. The van der Waals surface area contributed by atoms with Gasteiger partial charge >= 0.3 is 0 Å². The van der Waals surface area contributed by atoms with Gasteiger partial charge in [0.25, 0.3) is 0 Å². The number of pyridine rings is 1. The molecule has 17 heavy (non-hydrogen) atoms. The summed E-state index contributed by atoms with van der Waals surface area (Å²) in [5, 5.41) is 7.96. The van der Waals surface area contributed by atoms with Crippen LogP contribution in [0.25, 0.3) is 10.9 Å². The number of H-pyrrole nitrogens is 1. The molecule has 84 valence electrons. The summed E-state index contributed by atoms with van der Waals surface area (Å²) in [6.07, 6.45) is 5.31. The molecule has 2 aromatic heterocycles. The van der Waals surface area contributed by atoms with Gasteiger partial charge in [-0.1, -0.05) is 11.8 Å². The SMILES string of the molecule is Nc1cc2cn[nH]c2cc1Sc1ccncc1. The van der Waals surface area contributed by atoms with Crippen molar-refractivity contribution in [1.29, 1.82) is 0 Å². The average Bonchev–Trinajstić information content (AvgIpc) is 2.78. The Labute approximate surface area is 102 Å². The number of rotatable bonds is 2. The fraction of sp³-hybridized carbons (Fsp3) is 0. The predicted octanol–water partition coefficient (Wildman–Crippen LogP) is 2.69. The third-order valence-electron chi connectivity index (χ3n) is 2.45. The Kier molecular flexibility index (Phi) is 2.45. The fourth-order valence-corrected chi connectivity index (χ4v) is 2.48. The molecule has 4 nitrogen and oxygen atoms in total. The number of fused-ring (bicyclic) bond motifs is 1. The van der Waals surface area contributed by atoms with Gasteiger partial charge in [0.15, 0.2) is 0 Å². The third kappa shape index (κ3) is 1.97. The molecule has 3 aromatic rings. The maximum atomic E-state index is 6.02. The Bertz CT molecular complexity index is 648. The number of aromatic amines is 1. The molecular weight excluding hydrogens is 232 g/mol. The van der Waals surface area contributed by atoms with Crippen LogP contribution in [0.2, 0.25) is 0 Å². The fourth-order valence-electron chi connectivity index (χ4n) is 1.61. The molecule has 0 bridgehead atoms. The highest BCUT2D eigenvalue weighted by Crippen LogP contribution is 2.33. The van der Waals surface area contributed by atoms with E-state index in [-0.39, 0.29) is 0 Å². The van der Waals surface area contributed by atoms with Gasteiger partial charge in [-0.2, -0.15) is 5.10 Å². The molecule has 3 N–H and O–H groups in total. The normalized spacial score (nSPS) is 10.8. The van der Waals surface area contributed by atoms with Crippen molar-refractivity contribution in [3.8, 4) is 0 Å². The van der Waals surface area contributed by atoms with Crippen LogP contribution in [-0.4, -0.2) is 15.2 Å². The second-order valence-corrected chi connectivity index (χ2v) is 4.75. The lowest BCUT2D eigenvalue weighted by Gasteiger charge is -2.05. The zero-order valence-corrected chi connectivity index (χ0v) is 9.74. The number of hydrogen-bond acceptors (Lipinski definition) is 4. The van der Waals surface area contributed by atoms with Crippen LogP contribution in [0.3, 0.4) is 0 Å². The second kappa shape index (κ2) is 4.10. The van der Waals surface area contributed by atoms with Gasteiger partial charge < -0.3 is 5.73 Å². The van der Waals surface area contributed by atoms with Crippen molar-refractivity contribution >= 4 is 28.4 Å². The van der Waals surface area contributed by atoms with Gasteiger partial charge in [0.2, 0.25) is 0 Å². The van der Waals surface area contributed by atoms with E-state index < -0.39 is 0 Å². The maximum absolute atomic E-state index is 6.02. The topological polar surface area (TPSA) is 67.6 Å². The number of benzene rings is 1. The van der Waals surface area contributed by atoms with Crippen molar-refractivity contribution in [3.05, 3.63) is 42.9 Å². The molecule has 2 heterocycles. The zero-order valence-electron chi connectivity index (χ0n) is 8.92. The first-order valence-electron chi connectivity index (χ1n) is 5.13. The number of hydrogen-bond donors (Lipinski definition) is 2. The lowest BCUT2D eigenvalue weighted by Crippen LogP contribution is -1.88. The number of anilines is 1. The Hall–Kier alpha value is -2.01. The van der Waals surface area contributed by atoms with E-state index in [1.165, 1.54) is 0 Å². The highest BCUT2D eigenvalue weighted by Gasteiger charge is 2.05. The number of nitrogen functional groups attached to an aromatic ring is 1. The molecule has 0 amide bonds. The van der Waals surface area contributed by atoms with E-state index in [0.717, 1.165) is 26.4 Å². The molecule has 0 saturated carbocycles. The van der Waals surface area contributed by atoms with Gasteiger partial charge in [0.1, 0.15) is 0 Å². The van der Waals surface area contributed by atoms with Crippen LogP contribution in [0.5, 0.6) is 0 Å². The van der Waals surface area contributed by atoms with E-state index in [0.29, 0.717) is 0 Å². The number of nitrogens with two attached hydrogens (primary N) is 1. The monoisotopic (exact) mass is 242 g/mol. The largest absolute Gasteiger partial charge is 0.398 e. The first kappa shape index (κ1) is 10.2. The smallest absolute Gasteiger partial charge is 0.0663 e. The van der Waals surface area contributed by atoms with Crippen molar-refractivity contribution in [2.75, 3.05) is 5.73 Å². The molecule has 5 heteroatoms. The molecule has 0 spiro atoms. The van der Waals surface area contributed by atoms with E-state index in [4.69, 9.17) is 5.73 Å². The second-order valence-electron chi connectivity index (χ2n) is 3.63. The van der Waals surface area contributed by atoms with E-state index in [2.05, 4.69) is 15.2 Å². The minimum Gasteiger partial charge on any atom is -0.398 e. The lowest BCUT2D eigenvalue weighted by atomic mass is 10.2. The summed E-state index contributed by atoms with van der Waals surface area (Å²) in [6.45, 7) is 0. The Balaban J connectivity index is 2.02. The van der Waals surface area contributed by atoms with Gasteiger partial charge in [-0.3, -0.25) is 10.1 Å². The summed E-state index contributed by atoms with van der Waals surface area (Å²) in [5.74, 6) is 0. The quantitative estimate of drug-likeness (QED) is 0.678. The molecule has 0 aliphatic carbocycles. The summed E-state index contributed by atoms with van der Waals surface area (Å²) in [5.41, 5.74) is 7.78. The lowest BCUT2D eigenvalue weighted by molar-refractivity contribution is 1.12. The molecule has 0 saturated heterocycles. The molecule has 0 unspecified atom stereocenters. The third-order valence-corrected chi connectivity index (χ3v) is 3.53. The Morgan fingerprint density at radius 2 is 2.00 bits per heavy atom. The molecule has 0 radical (unpaired) electrons. The summed E-state index contributed by atoms with van der Waals surface area (Å²) in [6, 6.07) is 7.87. The molecule has 1 aromatic carbocycles. The van der Waals surface area contributed by atoms with Gasteiger partial charge in [-0.25, -0.2) is 0 Å². The molecule has 0 atom stereocenters. The Morgan fingerprint density at radius 3 is 2.82 bits per heavy atom. The molecule has 0 fully saturated rings. The van der Waals surface area contributed by atoms with Crippen molar-refractivity contribution < 1.29 is 0 Å². The highest BCUT2D eigenvalue weighted by molar-refractivity contribution is 7.99. The van der Waals surface area contributed by atoms with Crippen molar-refractivity contribution in [1.82, 2.24) is 15.2 Å². The van der Waals surface area contributed by atoms with Gasteiger partial charge in [-0.05, 0) is 24.3 Å². The van der Waals surface area contributed by atoms with E-state index in [1.807, 2.05) is 24.3 Å². The number of aromatic nitrogens is 3. The van der Waals surface area contributed by atoms with Crippen molar-refractivity contribution in [3.63, 3.8) is 0 Å².